The van der Waals surface area contributed by atoms with Crippen molar-refractivity contribution >= 4 is 16.7 Å². The molecule has 1 saturated carbocycles. The number of anilines is 1. The maximum absolute atomic E-state index is 12.8. The van der Waals surface area contributed by atoms with Crippen molar-refractivity contribution in [2.45, 2.75) is 44.3 Å². The third kappa shape index (κ3) is 3.74. The molecule has 1 aliphatic carbocycles. The van der Waals surface area contributed by atoms with Crippen LogP contribution in [0, 0.1) is 5.92 Å². The number of hydrogen-bond donors (Lipinski definition) is 0. The Bertz CT molecular complexity index is 837. The summed E-state index contributed by atoms with van der Waals surface area (Å²) in [6.07, 6.45) is -0.657. The molecule has 0 aromatic carbocycles. The van der Waals surface area contributed by atoms with Gasteiger partial charge in [0.05, 0.1) is 0 Å². The average Bonchev–Trinajstić information content (AvgIpc) is 3.34. The normalized spacial score (nSPS) is 19.1. The highest BCUT2D eigenvalue weighted by Crippen LogP contribution is 2.40. The molecule has 2 aromatic rings. The van der Waals surface area contributed by atoms with Crippen LogP contribution in [-0.2, 0) is 12.7 Å². The molecule has 2 aromatic heterocycles. The molecule has 10 heteroatoms. The lowest BCUT2D eigenvalue weighted by Gasteiger charge is -2.31. The number of hydrogen-bond acceptors (Lipinski definition) is 6. The maximum Gasteiger partial charge on any atom is 0.435 e. The van der Waals surface area contributed by atoms with Crippen molar-refractivity contribution in [3.8, 4) is 0 Å². The van der Waals surface area contributed by atoms with Crippen LogP contribution in [0.15, 0.2) is 16.9 Å². The van der Waals surface area contributed by atoms with Crippen molar-refractivity contribution in [3.63, 3.8) is 0 Å². The number of aromatic nitrogens is 4. The summed E-state index contributed by atoms with van der Waals surface area (Å²) in [7, 11) is 0. The summed E-state index contributed by atoms with van der Waals surface area (Å²) in [5.74, 6) is 1.58. The highest BCUT2D eigenvalue weighted by Gasteiger charge is 2.34. The van der Waals surface area contributed by atoms with E-state index in [9.17, 15) is 18.0 Å². The topological polar surface area (TPSA) is 63.9 Å². The summed E-state index contributed by atoms with van der Waals surface area (Å²) < 4.78 is 43.7. The molecule has 26 heavy (non-hydrogen) atoms. The second-order valence-electron chi connectivity index (χ2n) is 6.88. The maximum atomic E-state index is 12.8. The molecule has 0 atom stereocenters. The van der Waals surface area contributed by atoms with E-state index in [1.54, 1.807) is 0 Å². The lowest BCUT2D eigenvalue weighted by molar-refractivity contribution is -0.142. The van der Waals surface area contributed by atoms with Gasteiger partial charge in [-0.2, -0.15) is 22.6 Å². The number of nitrogens with zero attached hydrogens (tertiary/aromatic N) is 5. The van der Waals surface area contributed by atoms with Crippen molar-refractivity contribution in [1.29, 1.82) is 0 Å². The molecule has 0 amide bonds. The zero-order valence-electron chi connectivity index (χ0n) is 13.9. The van der Waals surface area contributed by atoms with E-state index < -0.39 is 17.4 Å². The predicted molar refractivity (Wildman–Crippen MR) is 90.3 cm³/mol. The summed E-state index contributed by atoms with van der Waals surface area (Å²) in [5.41, 5.74) is -1.53. The number of alkyl halides is 3. The molecule has 4 rings (SSSR count). The van der Waals surface area contributed by atoms with Gasteiger partial charge in [0.1, 0.15) is 5.82 Å². The molecule has 0 unspecified atom stereocenters. The zero-order chi connectivity index (χ0) is 18.3. The van der Waals surface area contributed by atoms with Gasteiger partial charge in [0, 0.05) is 43.2 Å². The van der Waals surface area contributed by atoms with Crippen molar-refractivity contribution < 1.29 is 13.2 Å². The van der Waals surface area contributed by atoms with E-state index in [-0.39, 0.29) is 12.5 Å². The van der Waals surface area contributed by atoms with Gasteiger partial charge >= 0.3 is 6.18 Å². The molecule has 0 N–H and O–H groups in total. The van der Waals surface area contributed by atoms with E-state index in [1.165, 1.54) is 11.5 Å². The van der Waals surface area contributed by atoms with E-state index in [0.717, 1.165) is 66.5 Å². The van der Waals surface area contributed by atoms with E-state index in [1.807, 2.05) is 0 Å². The molecule has 1 saturated heterocycles. The van der Waals surface area contributed by atoms with Gasteiger partial charge in [0.25, 0.3) is 5.56 Å². The Hall–Kier alpha value is -1.97. The molecule has 2 fully saturated rings. The first-order valence-electron chi connectivity index (χ1n) is 8.64. The van der Waals surface area contributed by atoms with E-state index in [2.05, 4.69) is 19.4 Å². The Kier molecular flexibility index (Phi) is 4.45. The van der Waals surface area contributed by atoms with Gasteiger partial charge in [-0.25, -0.2) is 9.67 Å². The van der Waals surface area contributed by atoms with Gasteiger partial charge in [0.15, 0.2) is 5.69 Å². The van der Waals surface area contributed by atoms with Gasteiger partial charge in [-0.1, -0.05) is 0 Å². The number of piperidine rings is 1. The van der Waals surface area contributed by atoms with Crippen LogP contribution >= 0.6 is 11.5 Å². The van der Waals surface area contributed by atoms with Crippen LogP contribution in [-0.4, -0.2) is 32.2 Å². The third-order valence-corrected chi connectivity index (χ3v) is 5.64. The minimum Gasteiger partial charge on any atom is -0.347 e. The van der Waals surface area contributed by atoms with Crippen molar-refractivity contribution in [3.05, 3.63) is 34.0 Å². The Labute approximate surface area is 151 Å². The van der Waals surface area contributed by atoms with Crippen LogP contribution in [0.4, 0.5) is 18.3 Å². The monoisotopic (exact) mass is 385 g/mol. The van der Waals surface area contributed by atoms with E-state index >= 15 is 0 Å². The van der Waals surface area contributed by atoms with Crippen molar-refractivity contribution in [2.75, 3.05) is 18.0 Å². The van der Waals surface area contributed by atoms with Gasteiger partial charge < -0.3 is 4.90 Å². The fourth-order valence-electron chi connectivity index (χ4n) is 3.14. The van der Waals surface area contributed by atoms with Crippen LogP contribution in [0.5, 0.6) is 0 Å². The Balaban J connectivity index is 1.38. The van der Waals surface area contributed by atoms with Gasteiger partial charge in [-0.15, -0.1) is 0 Å². The summed E-state index contributed by atoms with van der Waals surface area (Å²) in [6.45, 7) is 1.73. The Morgan fingerprint density at radius 2 is 1.88 bits per heavy atom. The molecule has 3 heterocycles. The van der Waals surface area contributed by atoms with Crippen LogP contribution in [0.3, 0.4) is 0 Å². The SMILES string of the molecule is O=c1ccc(C(F)(F)F)nn1CC1CCN(c2nc(C3CC3)ns2)CC1. The molecular formula is C16H18F3N5OS. The highest BCUT2D eigenvalue weighted by molar-refractivity contribution is 7.09. The standard InChI is InChI=1S/C16H18F3N5OS/c17-16(18,19)12-3-4-13(25)24(21-12)9-10-5-7-23(8-6-10)15-20-14(22-26-15)11-1-2-11/h3-4,10-11H,1-2,5-9H2. The Morgan fingerprint density at radius 3 is 2.54 bits per heavy atom. The summed E-state index contributed by atoms with van der Waals surface area (Å²) in [5, 5.41) is 4.41. The molecule has 2 aliphatic rings. The number of rotatable bonds is 4. The second-order valence-corrected chi connectivity index (χ2v) is 7.61. The van der Waals surface area contributed by atoms with Gasteiger partial charge in [-0.3, -0.25) is 4.79 Å². The first kappa shape index (κ1) is 17.4. The van der Waals surface area contributed by atoms with Crippen molar-refractivity contribution in [1.82, 2.24) is 19.1 Å². The average molecular weight is 385 g/mol. The quantitative estimate of drug-likeness (QED) is 0.810. The lowest BCUT2D eigenvalue weighted by Crippen LogP contribution is -2.37. The minimum absolute atomic E-state index is 0.121. The fourth-order valence-corrected chi connectivity index (χ4v) is 3.94. The molecule has 0 bridgehead atoms. The fraction of sp³-hybridized carbons (Fsp3) is 0.625. The molecule has 1 aliphatic heterocycles. The predicted octanol–water partition coefficient (Wildman–Crippen LogP) is 2.91. The molecule has 140 valence electrons. The van der Waals surface area contributed by atoms with E-state index in [4.69, 9.17) is 0 Å². The highest BCUT2D eigenvalue weighted by atomic mass is 32.1. The van der Waals surface area contributed by atoms with Crippen molar-refractivity contribution in [2.24, 2.45) is 5.92 Å². The second kappa shape index (κ2) is 6.64. The molecule has 6 nitrogen and oxygen atoms in total. The van der Waals surface area contributed by atoms with Crippen LogP contribution in [0.2, 0.25) is 0 Å². The lowest BCUT2D eigenvalue weighted by atomic mass is 9.97. The van der Waals surface area contributed by atoms with Crippen LogP contribution in [0.1, 0.15) is 43.1 Å². The molecule has 0 radical (unpaired) electrons. The smallest absolute Gasteiger partial charge is 0.347 e. The van der Waals surface area contributed by atoms with Crippen LogP contribution < -0.4 is 10.5 Å². The molecular weight excluding hydrogens is 367 g/mol. The summed E-state index contributed by atoms with van der Waals surface area (Å²) in [6, 6.07) is 1.67. The van der Waals surface area contributed by atoms with Crippen LogP contribution in [0.25, 0.3) is 0 Å². The zero-order valence-corrected chi connectivity index (χ0v) is 14.8. The summed E-state index contributed by atoms with van der Waals surface area (Å²) >= 11 is 1.41. The van der Waals surface area contributed by atoms with Gasteiger partial charge in [0.2, 0.25) is 5.13 Å². The Morgan fingerprint density at radius 1 is 1.15 bits per heavy atom. The first-order chi connectivity index (χ1) is 12.4. The summed E-state index contributed by atoms with van der Waals surface area (Å²) in [4.78, 5) is 18.6. The van der Waals surface area contributed by atoms with E-state index in [0.29, 0.717) is 5.92 Å². The third-order valence-electron chi connectivity index (χ3n) is 4.85. The molecule has 0 spiro atoms. The number of halogens is 3. The largest absolute Gasteiger partial charge is 0.435 e. The van der Waals surface area contributed by atoms with Gasteiger partial charge in [-0.05, 0) is 37.7 Å². The first-order valence-corrected chi connectivity index (χ1v) is 9.41. The minimum atomic E-state index is -4.55.